The normalized spacial score (nSPS) is 10.1. The molecule has 0 atom stereocenters. The molecule has 0 N–H and O–H groups in total. The molecule has 9 aromatic carbocycles. The molecular weight excluding hydrogens is 1010 g/mol. The second-order valence-corrected chi connectivity index (χ2v) is 27.0. The molecule has 1 radical (unpaired) electrons. The molecule has 0 aliphatic carbocycles. The van der Waals surface area contributed by atoms with Crippen molar-refractivity contribution in [3.05, 3.63) is 283 Å². The van der Waals surface area contributed by atoms with Crippen molar-refractivity contribution in [3.63, 3.8) is 0 Å². The molecule has 60 heavy (non-hydrogen) atoms. The van der Waals surface area contributed by atoms with Crippen molar-refractivity contribution in [2.45, 2.75) is 0 Å². The van der Waals surface area contributed by atoms with Crippen LogP contribution in [0.4, 0.5) is 0 Å². The van der Waals surface area contributed by atoms with Crippen molar-refractivity contribution in [2.75, 3.05) is 0 Å². The molecule has 0 fully saturated rings. The van der Waals surface area contributed by atoms with E-state index in [1.165, 1.54) is 39.2 Å². The average molecular weight is 1050 g/mol. The van der Waals surface area contributed by atoms with E-state index >= 15 is 0 Å². The van der Waals surface area contributed by atoms with Crippen LogP contribution in [0.25, 0.3) is 5.59 Å². The van der Waals surface area contributed by atoms with Gasteiger partial charge in [0.1, 0.15) is 0 Å². The Hall–Kier alpha value is -5.12. The van der Waals surface area contributed by atoms with Crippen LogP contribution >= 0.6 is 0 Å². The van der Waals surface area contributed by atoms with E-state index in [4.69, 9.17) is 10.5 Å². The molecule has 0 spiro atoms. The summed E-state index contributed by atoms with van der Waals surface area (Å²) in [6.45, 7) is 0. The Kier molecular flexibility index (Phi) is 20.0. The molecule has 0 bridgehead atoms. The van der Waals surface area contributed by atoms with Crippen LogP contribution in [0.15, 0.2) is 273 Å². The maximum absolute atomic E-state index is 7.25. The molecular formula is C54H45As3NORh-. The Balaban J connectivity index is 0.000000166. The fraction of sp³-hybridized carbons (Fsp3) is 0. The topological polar surface area (TPSA) is 39.4 Å². The van der Waals surface area contributed by atoms with Gasteiger partial charge in [-0.2, -0.15) is 0 Å². The first kappa shape index (κ1) is 46.0. The van der Waals surface area contributed by atoms with Gasteiger partial charge in [-0.25, -0.2) is 0 Å². The first-order valence-electron chi connectivity index (χ1n) is 19.4. The fourth-order valence-electron chi connectivity index (χ4n) is 6.54. The zero-order chi connectivity index (χ0) is 40.7. The first-order chi connectivity index (χ1) is 29.3. The van der Waals surface area contributed by atoms with Gasteiger partial charge in [-0.05, 0) is 0 Å². The summed E-state index contributed by atoms with van der Waals surface area (Å²) < 4.78 is 13.3. The minimum absolute atomic E-state index is 0. The van der Waals surface area contributed by atoms with Gasteiger partial charge in [-0.15, -0.1) is 0 Å². The standard InChI is InChI=1S/3C18H15As.NO.Rh/c3*1-4-10-16(11-5-1)19(17-12-6-2-7-13-17)18-14-8-3-9-15-18;1-2;/h3*1-15H;;/q;;;-1;. The summed E-state index contributed by atoms with van der Waals surface area (Å²) in [5.41, 5.74) is 5.75. The molecule has 6 heteroatoms. The third kappa shape index (κ3) is 13.4. The summed E-state index contributed by atoms with van der Waals surface area (Å²) in [6.07, 6.45) is 0. The molecule has 297 valence electrons. The van der Waals surface area contributed by atoms with E-state index in [0.717, 1.165) is 0 Å². The van der Waals surface area contributed by atoms with E-state index in [1.807, 2.05) is 0 Å². The van der Waals surface area contributed by atoms with Gasteiger partial charge in [-0.3, -0.25) is 0 Å². The number of rotatable bonds is 9. The molecule has 0 aromatic heterocycles. The number of hydrogen-bond acceptors (Lipinski definition) is 1. The van der Waals surface area contributed by atoms with Gasteiger partial charge < -0.3 is 10.5 Å². The molecule has 0 saturated heterocycles. The van der Waals surface area contributed by atoms with Crippen LogP contribution in [0.3, 0.4) is 0 Å². The summed E-state index contributed by atoms with van der Waals surface area (Å²) >= 11 is -4.17. The van der Waals surface area contributed by atoms with Crippen LogP contribution in [-0.4, -0.2) is 44.0 Å². The SMILES string of the molecule is [N-]=O.[Rh].c1ccc([As](c2ccccc2)c2ccccc2)cc1.c1ccc([As](c2ccccc2)c2ccccc2)cc1.c1ccc([As](c2ccccc2)c2ccccc2)cc1. The minimum atomic E-state index is -1.39. The second kappa shape index (κ2) is 26.2. The second-order valence-electron chi connectivity index (χ2n) is 13.0. The third-order valence-corrected chi connectivity index (χ3v) is 24.5. The van der Waals surface area contributed by atoms with Crippen molar-refractivity contribution < 1.29 is 19.5 Å². The summed E-state index contributed by atoms with van der Waals surface area (Å²) in [6, 6.07) is 98.1. The molecule has 0 unspecified atom stereocenters. The number of hydrogen-bond donors (Lipinski definition) is 0. The van der Waals surface area contributed by atoms with Gasteiger partial charge in [-0.1, -0.05) is 0 Å². The zero-order valence-electron chi connectivity index (χ0n) is 33.0. The van der Waals surface area contributed by atoms with E-state index in [0.29, 0.717) is 0 Å². The van der Waals surface area contributed by atoms with E-state index < -0.39 is 44.0 Å². The third-order valence-electron chi connectivity index (χ3n) is 9.13. The van der Waals surface area contributed by atoms with Gasteiger partial charge >= 0.3 is 356 Å². The van der Waals surface area contributed by atoms with E-state index in [2.05, 4.69) is 273 Å². The van der Waals surface area contributed by atoms with Crippen LogP contribution in [0.1, 0.15) is 0 Å². The predicted octanol–water partition coefficient (Wildman–Crippen LogP) is 6.93. The van der Waals surface area contributed by atoms with Gasteiger partial charge in [0.05, 0.1) is 0 Å². The monoisotopic (exact) mass is 1050 g/mol. The Morgan fingerprint density at radius 3 is 0.350 bits per heavy atom. The average Bonchev–Trinajstić information content (AvgIpc) is 3.34. The van der Waals surface area contributed by atoms with Crippen LogP contribution < -0.4 is 39.2 Å². The summed E-state index contributed by atoms with van der Waals surface area (Å²) in [5, 5.41) is 0. The molecule has 9 rings (SSSR count). The molecule has 0 saturated carbocycles. The first-order valence-corrected chi connectivity index (χ1v) is 27.8. The summed E-state index contributed by atoms with van der Waals surface area (Å²) in [7, 11) is 0. The summed E-state index contributed by atoms with van der Waals surface area (Å²) in [4.78, 5) is 7.25. The molecule has 0 heterocycles. The van der Waals surface area contributed by atoms with Crippen molar-refractivity contribution in [3.8, 4) is 0 Å². The zero-order valence-corrected chi connectivity index (χ0v) is 40.3. The number of nitrogens with zero attached hydrogens (tertiary/aromatic N) is 1. The fourth-order valence-corrected chi connectivity index (χ4v) is 21.0. The van der Waals surface area contributed by atoms with Crippen molar-refractivity contribution in [1.82, 2.24) is 0 Å². The van der Waals surface area contributed by atoms with Gasteiger partial charge in [0, 0.05) is 19.5 Å². The van der Waals surface area contributed by atoms with Crippen LogP contribution in [0, 0.1) is 4.91 Å². The van der Waals surface area contributed by atoms with Crippen molar-refractivity contribution in [2.24, 2.45) is 0 Å². The van der Waals surface area contributed by atoms with Gasteiger partial charge in [0.15, 0.2) is 0 Å². The molecule has 9 aromatic rings. The van der Waals surface area contributed by atoms with Crippen LogP contribution in [-0.2, 0) is 19.5 Å². The predicted molar refractivity (Wildman–Crippen MR) is 259 cm³/mol. The quantitative estimate of drug-likeness (QED) is 0.145. The number of nitroso groups, excluding NO2 is 1. The Bertz CT molecular complexity index is 1890. The Labute approximate surface area is 382 Å². The molecule has 0 aliphatic heterocycles. The maximum atomic E-state index is 7.25. The summed E-state index contributed by atoms with van der Waals surface area (Å²) in [5.74, 6) is 0. The van der Waals surface area contributed by atoms with Crippen LogP contribution in [0.2, 0.25) is 0 Å². The van der Waals surface area contributed by atoms with Crippen LogP contribution in [0.5, 0.6) is 0 Å². The van der Waals surface area contributed by atoms with Crippen molar-refractivity contribution in [1.29, 1.82) is 0 Å². The van der Waals surface area contributed by atoms with Gasteiger partial charge in [0.2, 0.25) is 0 Å². The van der Waals surface area contributed by atoms with E-state index in [1.54, 1.807) is 0 Å². The molecule has 0 amide bonds. The van der Waals surface area contributed by atoms with E-state index in [-0.39, 0.29) is 19.5 Å². The van der Waals surface area contributed by atoms with Gasteiger partial charge in [0.25, 0.3) is 0 Å². The number of benzene rings is 9. The van der Waals surface area contributed by atoms with E-state index in [9.17, 15) is 0 Å². The van der Waals surface area contributed by atoms with Crippen molar-refractivity contribution >= 4 is 83.1 Å². The molecule has 2 nitrogen and oxygen atoms in total. The molecule has 0 aliphatic rings. The Morgan fingerprint density at radius 2 is 0.267 bits per heavy atom. The Morgan fingerprint density at radius 1 is 0.183 bits per heavy atom.